The molecule has 6 nitrogen and oxygen atoms in total. The van der Waals surface area contributed by atoms with Crippen molar-refractivity contribution >= 4 is 38.7 Å². The number of para-hydroxylation sites is 1. The predicted octanol–water partition coefficient (Wildman–Crippen LogP) is 3.22. The maximum atomic E-state index is 12.2. The van der Waals surface area contributed by atoms with Crippen molar-refractivity contribution in [2.45, 2.75) is 37.0 Å². The zero-order valence-electron chi connectivity index (χ0n) is 15.0. The lowest BCUT2D eigenvalue weighted by Gasteiger charge is -2.09. The Kier molecular flexibility index (Phi) is 5.96. The Bertz CT molecular complexity index is 939. The lowest BCUT2D eigenvalue weighted by Crippen LogP contribution is -2.21. The van der Waals surface area contributed by atoms with Gasteiger partial charge in [0.1, 0.15) is 4.88 Å². The molecule has 0 saturated heterocycles. The molecule has 2 aromatic rings. The van der Waals surface area contributed by atoms with Gasteiger partial charge in [-0.25, -0.2) is 13.2 Å². The SMILES string of the molecule is CS(=O)(=O)c1ccccc1NC(=O)COC(=O)c1cc2c(s1)CCCCC2. The first kappa shape index (κ1) is 19.6. The highest BCUT2D eigenvalue weighted by Crippen LogP contribution is 2.29. The smallest absolute Gasteiger partial charge is 0.348 e. The van der Waals surface area contributed by atoms with Crippen molar-refractivity contribution in [3.8, 4) is 0 Å². The molecule has 0 saturated carbocycles. The minimum atomic E-state index is -3.48. The van der Waals surface area contributed by atoms with Gasteiger partial charge in [0.15, 0.2) is 16.4 Å². The molecule has 27 heavy (non-hydrogen) atoms. The quantitative estimate of drug-likeness (QED) is 0.607. The summed E-state index contributed by atoms with van der Waals surface area (Å²) < 4.78 is 28.6. The first-order valence-electron chi connectivity index (χ1n) is 8.72. The summed E-state index contributed by atoms with van der Waals surface area (Å²) in [5, 5.41) is 2.49. The number of aryl methyl sites for hydroxylation is 2. The number of sulfone groups is 1. The Labute approximate surface area is 162 Å². The minimum Gasteiger partial charge on any atom is -0.451 e. The lowest BCUT2D eigenvalue weighted by molar-refractivity contribution is -0.119. The third-order valence-electron chi connectivity index (χ3n) is 4.34. The Morgan fingerprint density at radius 2 is 1.89 bits per heavy atom. The number of carbonyl (C=O) groups excluding carboxylic acids is 2. The van der Waals surface area contributed by atoms with Crippen molar-refractivity contribution in [2.75, 3.05) is 18.2 Å². The van der Waals surface area contributed by atoms with Gasteiger partial charge < -0.3 is 10.1 Å². The number of anilines is 1. The van der Waals surface area contributed by atoms with E-state index in [-0.39, 0.29) is 10.6 Å². The fourth-order valence-corrected chi connectivity index (χ4v) is 5.04. The maximum absolute atomic E-state index is 12.2. The molecule has 1 N–H and O–H groups in total. The molecular weight excluding hydrogens is 386 g/mol. The van der Waals surface area contributed by atoms with E-state index in [1.165, 1.54) is 40.3 Å². The molecule has 0 atom stereocenters. The summed E-state index contributed by atoms with van der Waals surface area (Å²) in [6, 6.07) is 7.97. The molecule has 1 aliphatic rings. The van der Waals surface area contributed by atoms with Gasteiger partial charge in [-0.1, -0.05) is 18.6 Å². The van der Waals surface area contributed by atoms with Crippen LogP contribution < -0.4 is 5.32 Å². The number of carbonyl (C=O) groups is 2. The molecule has 0 spiro atoms. The second-order valence-corrected chi connectivity index (χ2v) is 9.63. The van der Waals surface area contributed by atoms with Gasteiger partial charge in [0.25, 0.3) is 5.91 Å². The van der Waals surface area contributed by atoms with Crippen molar-refractivity contribution in [1.82, 2.24) is 0 Å². The number of benzene rings is 1. The van der Waals surface area contributed by atoms with Crippen LogP contribution in [0.25, 0.3) is 0 Å². The van der Waals surface area contributed by atoms with Crippen molar-refractivity contribution in [2.24, 2.45) is 0 Å². The Hall–Kier alpha value is -2.19. The summed E-state index contributed by atoms with van der Waals surface area (Å²) in [4.78, 5) is 26.1. The van der Waals surface area contributed by atoms with Gasteiger partial charge in [0.2, 0.25) is 0 Å². The van der Waals surface area contributed by atoms with E-state index in [0.717, 1.165) is 31.9 Å². The largest absolute Gasteiger partial charge is 0.451 e. The monoisotopic (exact) mass is 407 g/mol. The standard InChI is InChI=1S/C19H21NO5S2/c1-27(23,24)17-10-6-5-8-14(17)20-18(21)12-25-19(22)16-11-13-7-3-2-4-9-15(13)26-16/h5-6,8,10-11H,2-4,7,9,12H2,1H3,(H,20,21). The topological polar surface area (TPSA) is 89.5 Å². The van der Waals surface area contributed by atoms with Gasteiger partial charge in [-0.05, 0) is 49.4 Å². The highest BCUT2D eigenvalue weighted by Gasteiger charge is 2.19. The molecule has 1 aromatic carbocycles. The highest BCUT2D eigenvalue weighted by molar-refractivity contribution is 7.90. The zero-order chi connectivity index (χ0) is 19.4. The molecule has 8 heteroatoms. The first-order valence-corrected chi connectivity index (χ1v) is 11.4. The van der Waals surface area contributed by atoms with Crippen LogP contribution in [-0.2, 0) is 32.2 Å². The van der Waals surface area contributed by atoms with Crippen LogP contribution in [0.3, 0.4) is 0 Å². The van der Waals surface area contributed by atoms with Crippen LogP contribution in [0.2, 0.25) is 0 Å². The van der Waals surface area contributed by atoms with E-state index in [1.54, 1.807) is 12.1 Å². The van der Waals surface area contributed by atoms with Crippen molar-refractivity contribution in [1.29, 1.82) is 0 Å². The summed E-state index contributed by atoms with van der Waals surface area (Å²) in [5.41, 5.74) is 1.37. The second kappa shape index (κ2) is 8.22. The Balaban J connectivity index is 1.61. The Morgan fingerprint density at radius 3 is 2.67 bits per heavy atom. The summed E-state index contributed by atoms with van der Waals surface area (Å²) in [6.07, 6.45) is 6.48. The Morgan fingerprint density at radius 1 is 1.15 bits per heavy atom. The third-order valence-corrected chi connectivity index (χ3v) is 6.71. The van der Waals surface area contributed by atoms with Gasteiger partial charge >= 0.3 is 5.97 Å². The normalized spacial score (nSPS) is 14.1. The van der Waals surface area contributed by atoms with Gasteiger partial charge in [-0.15, -0.1) is 11.3 Å². The molecule has 3 rings (SSSR count). The summed E-state index contributed by atoms with van der Waals surface area (Å²) >= 11 is 1.43. The third kappa shape index (κ3) is 4.95. The number of ether oxygens (including phenoxy) is 1. The van der Waals surface area contributed by atoms with Crippen molar-refractivity contribution in [3.05, 3.63) is 45.6 Å². The second-order valence-electron chi connectivity index (χ2n) is 6.51. The number of fused-ring (bicyclic) bond motifs is 1. The number of hydrogen-bond donors (Lipinski definition) is 1. The summed E-state index contributed by atoms with van der Waals surface area (Å²) in [5.74, 6) is -1.11. The van der Waals surface area contributed by atoms with Gasteiger partial charge in [0, 0.05) is 11.1 Å². The van der Waals surface area contributed by atoms with E-state index in [2.05, 4.69) is 5.32 Å². The molecule has 0 unspecified atom stereocenters. The number of hydrogen-bond acceptors (Lipinski definition) is 6. The first-order chi connectivity index (χ1) is 12.8. The number of thiophene rings is 1. The van der Waals surface area contributed by atoms with Crippen LogP contribution in [0, 0.1) is 0 Å². The number of nitrogens with one attached hydrogen (secondary N) is 1. The van der Waals surface area contributed by atoms with E-state index < -0.39 is 28.3 Å². The molecule has 0 fully saturated rings. The van der Waals surface area contributed by atoms with Gasteiger partial charge in [0.05, 0.1) is 10.6 Å². The van der Waals surface area contributed by atoms with Gasteiger partial charge in [-0.3, -0.25) is 4.79 Å². The maximum Gasteiger partial charge on any atom is 0.348 e. The van der Waals surface area contributed by atoms with Crippen molar-refractivity contribution < 1.29 is 22.7 Å². The van der Waals surface area contributed by atoms with E-state index >= 15 is 0 Å². The predicted molar refractivity (Wildman–Crippen MR) is 104 cm³/mol. The summed E-state index contributed by atoms with van der Waals surface area (Å²) in [7, 11) is -3.48. The molecule has 144 valence electrons. The minimum absolute atomic E-state index is 0.0201. The fraction of sp³-hybridized carbons (Fsp3) is 0.368. The molecule has 0 bridgehead atoms. The average molecular weight is 408 g/mol. The lowest BCUT2D eigenvalue weighted by atomic mass is 10.1. The van der Waals surface area contributed by atoms with Crippen LogP contribution in [-0.4, -0.2) is 33.2 Å². The number of amides is 1. The molecule has 1 aromatic heterocycles. The average Bonchev–Trinajstić information content (AvgIpc) is 2.90. The number of rotatable bonds is 5. The molecule has 1 aliphatic carbocycles. The van der Waals surface area contributed by atoms with Crippen LogP contribution in [0.1, 0.15) is 39.4 Å². The fourth-order valence-electron chi connectivity index (χ4n) is 3.05. The van der Waals surface area contributed by atoms with E-state index in [4.69, 9.17) is 4.74 Å². The highest BCUT2D eigenvalue weighted by atomic mass is 32.2. The zero-order valence-corrected chi connectivity index (χ0v) is 16.6. The van der Waals surface area contributed by atoms with Gasteiger partial charge in [-0.2, -0.15) is 0 Å². The van der Waals surface area contributed by atoms with E-state index in [1.807, 2.05) is 6.07 Å². The number of esters is 1. The summed E-state index contributed by atoms with van der Waals surface area (Å²) in [6.45, 7) is -0.473. The van der Waals surface area contributed by atoms with Crippen LogP contribution >= 0.6 is 11.3 Å². The van der Waals surface area contributed by atoms with E-state index in [0.29, 0.717) is 4.88 Å². The molecule has 0 radical (unpaired) electrons. The molecule has 1 heterocycles. The molecule has 1 amide bonds. The molecule has 0 aliphatic heterocycles. The van der Waals surface area contributed by atoms with Crippen LogP contribution in [0.4, 0.5) is 5.69 Å². The van der Waals surface area contributed by atoms with Crippen LogP contribution in [0.5, 0.6) is 0 Å². The van der Waals surface area contributed by atoms with Crippen LogP contribution in [0.15, 0.2) is 35.2 Å². The van der Waals surface area contributed by atoms with Crippen molar-refractivity contribution in [3.63, 3.8) is 0 Å². The van der Waals surface area contributed by atoms with E-state index in [9.17, 15) is 18.0 Å². The molecular formula is C19H21NO5S2.